The molecule has 0 heterocycles. The fourth-order valence-electron chi connectivity index (χ4n) is 3.38. The van der Waals surface area contributed by atoms with Gasteiger partial charge < -0.3 is 15.2 Å². The van der Waals surface area contributed by atoms with Crippen molar-refractivity contribution in [2.75, 3.05) is 0 Å². The first-order valence-corrected chi connectivity index (χ1v) is 9.68. The summed E-state index contributed by atoms with van der Waals surface area (Å²) in [5, 5.41) is 15.1. The van der Waals surface area contributed by atoms with Crippen molar-refractivity contribution < 1.29 is 14.6 Å². The molecule has 0 aliphatic heterocycles. The van der Waals surface area contributed by atoms with E-state index in [1.54, 1.807) is 0 Å². The maximum absolute atomic E-state index is 12.7. The van der Waals surface area contributed by atoms with Gasteiger partial charge >= 0.3 is 6.09 Å². The second kappa shape index (κ2) is 8.50. The zero-order chi connectivity index (χ0) is 20.9. The lowest BCUT2D eigenvalue weighted by Crippen LogP contribution is -2.46. The van der Waals surface area contributed by atoms with Crippen LogP contribution in [0.15, 0.2) is 91.0 Å². The summed E-state index contributed by atoms with van der Waals surface area (Å²) in [7, 11) is 0. The van der Waals surface area contributed by atoms with Crippen molar-refractivity contribution in [3.8, 4) is 0 Å². The third-order valence-electron chi connectivity index (χ3n) is 4.64. The maximum atomic E-state index is 12.7. The van der Waals surface area contributed by atoms with Gasteiger partial charge in [0.1, 0.15) is 11.2 Å². The predicted molar refractivity (Wildman–Crippen MR) is 114 cm³/mol. The van der Waals surface area contributed by atoms with Gasteiger partial charge in [0.05, 0.1) is 6.04 Å². The second-order valence-corrected chi connectivity index (χ2v) is 7.99. The number of alkyl carbamates (subject to hydrolysis) is 1. The summed E-state index contributed by atoms with van der Waals surface area (Å²) in [4.78, 5) is 12.7. The van der Waals surface area contributed by atoms with Gasteiger partial charge in [-0.3, -0.25) is 0 Å². The summed E-state index contributed by atoms with van der Waals surface area (Å²) in [6, 6.07) is 27.4. The zero-order valence-electron chi connectivity index (χ0n) is 17.0. The number of nitrogens with one attached hydrogen (secondary N) is 1. The molecule has 0 aromatic heterocycles. The van der Waals surface area contributed by atoms with Gasteiger partial charge in [0.15, 0.2) is 0 Å². The van der Waals surface area contributed by atoms with E-state index in [1.165, 1.54) is 0 Å². The van der Waals surface area contributed by atoms with Crippen LogP contribution >= 0.6 is 0 Å². The van der Waals surface area contributed by atoms with Gasteiger partial charge in [0, 0.05) is 0 Å². The molecule has 150 valence electrons. The van der Waals surface area contributed by atoms with Crippen molar-refractivity contribution in [3.05, 3.63) is 108 Å². The topological polar surface area (TPSA) is 58.6 Å². The number of benzene rings is 3. The molecule has 4 heteroatoms. The van der Waals surface area contributed by atoms with Crippen molar-refractivity contribution in [2.24, 2.45) is 0 Å². The minimum Gasteiger partial charge on any atom is -0.444 e. The number of aliphatic hydroxyl groups is 1. The Labute approximate surface area is 172 Å². The maximum Gasteiger partial charge on any atom is 0.408 e. The third-order valence-corrected chi connectivity index (χ3v) is 4.64. The van der Waals surface area contributed by atoms with Gasteiger partial charge in [-0.2, -0.15) is 0 Å². The summed E-state index contributed by atoms with van der Waals surface area (Å²) in [5.41, 5.74) is -0.0234. The second-order valence-electron chi connectivity index (χ2n) is 7.99. The Morgan fingerprint density at radius 3 is 1.62 bits per heavy atom. The van der Waals surface area contributed by atoms with E-state index in [2.05, 4.69) is 5.32 Å². The van der Waals surface area contributed by atoms with Crippen LogP contribution in [-0.4, -0.2) is 16.8 Å². The Bertz CT molecular complexity index is 879. The lowest BCUT2D eigenvalue weighted by Gasteiger charge is -2.38. The summed E-state index contributed by atoms with van der Waals surface area (Å²) in [6.45, 7) is 5.43. The summed E-state index contributed by atoms with van der Waals surface area (Å²) >= 11 is 0. The average Bonchev–Trinajstić information content (AvgIpc) is 2.72. The van der Waals surface area contributed by atoms with E-state index in [0.29, 0.717) is 11.1 Å². The van der Waals surface area contributed by atoms with Gasteiger partial charge in [-0.1, -0.05) is 91.0 Å². The van der Waals surface area contributed by atoms with Gasteiger partial charge in [-0.15, -0.1) is 0 Å². The van der Waals surface area contributed by atoms with E-state index >= 15 is 0 Å². The molecule has 3 aromatic carbocycles. The summed E-state index contributed by atoms with van der Waals surface area (Å²) in [6.07, 6.45) is -0.586. The first-order valence-electron chi connectivity index (χ1n) is 9.68. The highest BCUT2D eigenvalue weighted by Crippen LogP contribution is 2.41. The molecule has 3 rings (SSSR count). The van der Waals surface area contributed by atoms with Crippen molar-refractivity contribution in [2.45, 2.75) is 38.0 Å². The largest absolute Gasteiger partial charge is 0.444 e. The first-order chi connectivity index (χ1) is 13.8. The molecule has 1 amide bonds. The molecule has 0 aliphatic carbocycles. The van der Waals surface area contributed by atoms with Crippen molar-refractivity contribution >= 4 is 6.09 Å². The molecular formula is C25H27NO3. The minimum absolute atomic E-state index is 0.586. The van der Waals surface area contributed by atoms with Gasteiger partial charge in [-0.25, -0.2) is 4.79 Å². The minimum atomic E-state index is -1.50. The van der Waals surface area contributed by atoms with Gasteiger partial charge in [0.2, 0.25) is 0 Å². The number of carbonyl (C=O) groups is 1. The van der Waals surface area contributed by atoms with E-state index in [4.69, 9.17) is 4.74 Å². The fourth-order valence-corrected chi connectivity index (χ4v) is 3.38. The Morgan fingerprint density at radius 1 is 0.793 bits per heavy atom. The molecule has 0 radical (unpaired) electrons. The van der Waals surface area contributed by atoms with Crippen molar-refractivity contribution in [3.63, 3.8) is 0 Å². The molecule has 0 saturated carbocycles. The molecule has 0 aliphatic rings. The van der Waals surface area contributed by atoms with Gasteiger partial charge in [-0.05, 0) is 37.5 Å². The SMILES string of the molecule is CC(C)(C)OC(=O)N[C@H](c1ccccc1)C(O)(c1ccccc1)c1ccccc1. The van der Waals surface area contributed by atoms with Gasteiger partial charge in [0.25, 0.3) is 0 Å². The van der Waals surface area contributed by atoms with Crippen LogP contribution in [0.4, 0.5) is 4.79 Å². The summed E-state index contributed by atoms with van der Waals surface area (Å²) < 4.78 is 5.50. The van der Waals surface area contributed by atoms with Crippen LogP contribution < -0.4 is 5.32 Å². The Kier molecular flexibility index (Phi) is 6.04. The number of hydrogen-bond donors (Lipinski definition) is 2. The van der Waals surface area contributed by atoms with Crippen molar-refractivity contribution in [1.82, 2.24) is 5.32 Å². The molecule has 0 unspecified atom stereocenters. The van der Waals surface area contributed by atoms with E-state index in [0.717, 1.165) is 5.56 Å². The lowest BCUT2D eigenvalue weighted by atomic mass is 9.77. The monoisotopic (exact) mass is 389 g/mol. The highest BCUT2D eigenvalue weighted by Gasteiger charge is 2.42. The van der Waals surface area contributed by atoms with Crippen LogP contribution in [0.3, 0.4) is 0 Å². The number of rotatable bonds is 5. The number of amides is 1. The predicted octanol–water partition coefficient (Wildman–Crippen LogP) is 5.19. The molecule has 0 spiro atoms. The lowest BCUT2D eigenvalue weighted by molar-refractivity contribution is 0.0158. The van der Waals surface area contributed by atoms with Crippen molar-refractivity contribution in [1.29, 1.82) is 0 Å². The van der Waals surface area contributed by atoms with E-state index in [-0.39, 0.29) is 0 Å². The standard InChI is InChI=1S/C25H27NO3/c1-24(2,3)29-23(27)26-22(19-13-7-4-8-14-19)25(28,20-15-9-5-10-16-20)21-17-11-6-12-18-21/h4-18,22,28H,1-3H3,(H,26,27)/t22-/m1/s1. The molecule has 29 heavy (non-hydrogen) atoms. The number of hydrogen-bond acceptors (Lipinski definition) is 3. The van der Waals surface area contributed by atoms with Crippen LogP contribution in [0, 0.1) is 0 Å². The Hall–Kier alpha value is -3.11. The fraction of sp³-hybridized carbons (Fsp3) is 0.240. The zero-order valence-corrected chi connectivity index (χ0v) is 17.0. The van der Waals surface area contributed by atoms with Crippen LogP contribution in [-0.2, 0) is 10.3 Å². The summed E-state index contributed by atoms with van der Waals surface area (Å²) in [5.74, 6) is 0. The molecular weight excluding hydrogens is 362 g/mol. The molecule has 2 N–H and O–H groups in total. The molecule has 4 nitrogen and oxygen atoms in total. The Balaban J connectivity index is 2.14. The Morgan fingerprint density at radius 2 is 1.21 bits per heavy atom. The molecule has 1 atom stereocenters. The van der Waals surface area contributed by atoms with E-state index in [9.17, 15) is 9.90 Å². The molecule has 3 aromatic rings. The van der Waals surface area contributed by atoms with E-state index in [1.807, 2.05) is 112 Å². The first kappa shape index (κ1) is 20.6. The molecule has 0 saturated heterocycles. The number of carbonyl (C=O) groups excluding carboxylic acids is 1. The molecule has 0 bridgehead atoms. The quantitative estimate of drug-likeness (QED) is 0.631. The van der Waals surface area contributed by atoms with Crippen LogP contribution in [0.25, 0.3) is 0 Å². The highest BCUT2D eigenvalue weighted by atomic mass is 16.6. The number of ether oxygens (including phenoxy) is 1. The average molecular weight is 389 g/mol. The molecule has 0 fully saturated rings. The highest BCUT2D eigenvalue weighted by molar-refractivity contribution is 5.69. The van der Waals surface area contributed by atoms with Crippen LogP contribution in [0.5, 0.6) is 0 Å². The van der Waals surface area contributed by atoms with Crippen LogP contribution in [0.1, 0.15) is 43.5 Å². The van der Waals surface area contributed by atoms with E-state index < -0.39 is 23.3 Å². The normalized spacial score (nSPS) is 12.8. The van der Waals surface area contributed by atoms with Crippen LogP contribution in [0.2, 0.25) is 0 Å². The third kappa shape index (κ3) is 4.84. The smallest absolute Gasteiger partial charge is 0.408 e.